The van der Waals surface area contributed by atoms with E-state index in [9.17, 15) is 9.59 Å². The maximum atomic E-state index is 11.7. The molecule has 1 heterocycles. The average Bonchev–Trinajstić information content (AvgIpc) is 2.96. The molecule has 7 heteroatoms. The minimum absolute atomic E-state index is 0.0378. The number of aromatic nitrogens is 3. The highest BCUT2D eigenvalue weighted by molar-refractivity contribution is 6.00. The predicted octanol–water partition coefficient (Wildman–Crippen LogP) is 0.812. The van der Waals surface area contributed by atoms with Crippen LogP contribution in [0.3, 0.4) is 0 Å². The van der Waals surface area contributed by atoms with Crippen LogP contribution in [-0.2, 0) is 4.79 Å². The van der Waals surface area contributed by atoms with E-state index < -0.39 is 5.91 Å². The van der Waals surface area contributed by atoms with Crippen molar-refractivity contribution in [1.29, 1.82) is 0 Å². The highest BCUT2D eigenvalue weighted by Crippen LogP contribution is 2.28. The van der Waals surface area contributed by atoms with Gasteiger partial charge in [-0.15, -0.1) is 10.2 Å². The molecule has 0 spiro atoms. The molecule has 1 fully saturated rings. The molecule has 0 aliphatic heterocycles. The van der Waals surface area contributed by atoms with E-state index in [0.717, 1.165) is 6.42 Å². The van der Waals surface area contributed by atoms with Crippen LogP contribution in [0.5, 0.6) is 0 Å². The smallest absolute Gasteiger partial charge is 0.273 e. The molecule has 0 saturated heterocycles. The molecule has 4 N–H and O–H groups in total. The first kappa shape index (κ1) is 12.5. The van der Waals surface area contributed by atoms with Crippen molar-refractivity contribution in [3.05, 3.63) is 5.69 Å². The molecular formula is C11H17N5O2. The molecule has 7 nitrogen and oxygen atoms in total. The van der Waals surface area contributed by atoms with E-state index in [4.69, 9.17) is 5.73 Å². The lowest BCUT2D eigenvalue weighted by atomic mass is 10.0. The zero-order chi connectivity index (χ0) is 13.0. The number of hydrogen-bond acceptors (Lipinski definition) is 4. The maximum absolute atomic E-state index is 11.7. The van der Waals surface area contributed by atoms with Crippen molar-refractivity contribution in [1.82, 2.24) is 15.4 Å². The van der Waals surface area contributed by atoms with Gasteiger partial charge in [0.2, 0.25) is 5.91 Å². The van der Waals surface area contributed by atoms with Gasteiger partial charge in [0.15, 0.2) is 11.5 Å². The highest BCUT2D eigenvalue weighted by Gasteiger charge is 2.18. The fraction of sp³-hybridized carbons (Fsp3) is 0.636. The Morgan fingerprint density at radius 1 is 1.33 bits per heavy atom. The lowest BCUT2D eigenvalue weighted by Gasteiger charge is -2.07. The Bertz CT molecular complexity index is 436. The highest BCUT2D eigenvalue weighted by atomic mass is 16.2. The largest absolute Gasteiger partial charge is 0.364 e. The third-order valence-electron chi connectivity index (χ3n) is 3.29. The van der Waals surface area contributed by atoms with Gasteiger partial charge in [0, 0.05) is 6.42 Å². The molecule has 0 unspecified atom stereocenters. The van der Waals surface area contributed by atoms with E-state index >= 15 is 0 Å². The van der Waals surface area contributed by atoms with Gasteiger partial charge < -0.3 is 11.1 Å². The van der Waals surface area contributed by atoms with Crippen LogP contribution in [0, 0.1) is 5.92 Å². The molecule has 0 bridgehead atoms. The van der Waals surface area contributed by atoms with E-state index in [1.165, 1.54) is 25.7 Å². The summed E-state index contributed by atoms with van der Waals surface area (Å²) >= 11 is 0. The third kappa shape index (κ3) is 3.06. The Hall–Kier alpha value is -1.92. The molecule has 1 saturated carbocycles. The molecule has 1 aliphatic carbocycles. The number of H-pyrrole nitrogens is 1. The monoisotopic (exact) mass is 251 g/mol. The second-order valence-corrected chi connectivity index (χ2v) is 4.62. The van der Waals surface area contributed by atoms with Crippen molar-refractivity contribution < 1.29 is 9.59 Å². The Balaban J connectivity index is 1.82. The molecule has 0 radical (unpaired) electrons. The number of hydrogen-bond donors (Lipinski definition) is 3. The summed E-state index contributed by atoms with van der Waals surface area (Å²) in [5, 5.41) is 12.1. The summed E-state index contributed by atoms with van der Waals surface area (Å²) in [4.78, 5) is 22.7. The molecule has 18 heavy (non-hydrogen) atoms. The zero-order valence-electron chi connectivity index (χ0n) is 10.1. The standard InChI is InChI=1S/C11H17N5O2/c12-10(18)9-11(15-16-14-9)13-8(17)6-5-7-3-1-2-4-7/h7H,1-6H2,(H2,12,18)(H2,13,14,15,16,17). The SMILES string of the molecule is NC(=O)c1n[nH]nc1NC(=O)CCC1CCCC1. The summed E-state index contributed by atoms with van der Waals surface area (Å²) in [5.41, 5.74) is 5.06. The molecule has 1 aromatic rings. The normalized spacial score (nSPS) is 15.8. The number of primary amides is 1. The Morgan fingerprint density at radius 2 is 2.06 bits per heavy atom. The topological polar surface area (TPSA) is 114 Å². The van der Waals surface area contributed by atoms with Crippen LogP contribution in [-0.4, -0.2) is 27.2 Å². The third-order valence-corrected chi connectivity index (χ3v) is 3.29. The number of nitrogens with zero attached hydrogens (tertiary/aromatic N) is 2. The van der Waals surface area contributed by atoms with Gasteiger partial charge in [0.25, 0.3) is 5.91 Å². The fourth-order valence-electron chi connectivity index (χ4n) is 2.32. The number of anilines is 1. The minimum Gasteiger partial charge on any atom is -0.364 e. The first-order chi connectivity index (χ1) is 8.66. The van der Waals surface area contributed by atoms with Crippen molar-refractivity contribution in [3.8, 4) is 0 Å². The zero-order valence-corrected chi connectivity index (χ0v) is 10.1. The van der Waals surface area contributed by atoms with Gasteiger partial charge in [-0.3, -0.25) is 9.59 Å². The van der Waals surface area contributed by atoms with Crippen molar-refractivity contribution in [3.63, 3.8) is 0 Å². The number of nitrogens with one attached hydrogen (secondary N) is 2. The van der Waals surface area contributed by atoms with Gasteiger partial charge >= 0.3 is 0 Å². The summed E-state index contributed by atoms with van der Waals surface area (Å²) in [6, 6.07) is 0. The van der Waals surface area contributed by atoms with Gasteiger partial charge in [0.1, 0.15) is 0 Å². The first-order valence-electron chi connectivity index (χ1n) is 6.17. The molecule has 0 aromatic carbocycles. The van der Waals surface area contributed by atoms with Crippen LogP contribution in [0.25, 0.3) is 0 Å². The van der Waals surface area contributed by atoms with Crippen molar-refractivity contribution in [2.75, 3.05) is 5.32 Å². The van der Waals surface area contributed by atoms with E-state index in [2.05, 4.69) is 20.7 Å². The number of carbonyl (C=O) groups excluding carboxylic acids is 2. The van der Waals surface area contributed by atoms with Crippen LogP contribution in [0.2, 0.25) is 0 Å². The summed E-state index contributed by atoms with van der Waals surface area (Å²) in [7, 11) is 0. The number of amides is 2. The molecule has 2 rings (SSSR count). The second kappa shape index (κ2) is 5.61. The molecule has 1 aromatic heterocycles. The van der Waals surface area contributed by atoms with Crippen LogP contribution in [0.1, 0.15) is 49.0 Å². The number of nitrogens with two attached hydrogens (primary N) is 1. The molecule has 98 valence electrons. The van der Waals surface area contributed by atoms with Crippen molar-refractivity contribution in [2.24, 2.45) is 11.7 Å². The molecule has 0 atom stereocenters. The summed E-state index contributed by atoms with van der Waals surface area (Å²) in [6.07, 6.45) is 6.28. The average molecular weight is 251 g/mol. The van der Waals surface area contributed by atoms with E-state index in [0.29, 0.717) is 12.3 Å². The first-order valence-corrected chi connectivity index (χ1v) is 6.17. The summed E-state index contributed by atoms with van der Waals surface area (Å²) in [6.45, 7) is 0. The van der Waals surface area contributed by atoms with Gasteiger partial charge in [-0.2, -0.15) is 5.21 Å². The molecule has 2 amide bonds. The van der Waals surface area contributed by atoms with Crippen LogP contribution in [0.4, 0.5) is 5.82 Å². The lowest BCUT2D eigenvalue weighted by Crippen LogP contribution is -2.18. The number of aromatic amines is 1. The van der Waals surface area contributed by atoms with Gasteiger partial charge in [0.05, 0.1) is 0 Å². The Morgan fingerprint density at radius 3 is 2.72 bits per heavy atom. The summed E-state index contributed by atoms with van der Waals surface area (Å²) < 4.78 is 0. The molecule has 1 aliphatic rings. The Kier molecular flexibility index (Phi) is 3.91. The quantitative estimate of drug-likeness (QED) is 0.718. The predicted molar refractivity (Wildman–Crippen MR) is 64.7 cm³/mol. The summed E-state index contributed by atoms with van der Waals surface area (Å²) in [5.74, 6) is -0.101. The molecular weight excluding hydrogens is 234 g/mol. The van der Waals surface area contributed by atoms with E-state index in [1.807, 2.05) is 0 Å². The lowest BCUT2D eigenvalue weighted by molar-refractivity contribution is -0.116. The Labute approximate surface area is 105 Å². The maximum Gasteiger partial charge on any atom is 0.273 e. The van der Waals surface area contributed by atoms with Crippen LogP contribution >= 0.6 is 0 Å². The van der Waals surface area contributed by atoms with Gasteiger partial charge in [-0.25, -0.2) is 0 Å². The van der Waals surface area contributed by atoms with Gasteiger partial charge in [-0.1, -0.05) is 25.7 Å². The number of rotatable bonds is 5. The van der Waals surface area contributed by atoms with Crippen LogP contribution in [0.15, 0.2) is 0 Å². The van der Waals surface area contributed by atoms with E-state index in [1.54, 1.807) is 0 Å². The van der Waals surface area contributed by atoms with Crippen LogP contribution < -0.4 is 11.1 Å². The number of carbonyl (C=O) groups is 2. The van der Waals surface area contributed by atoms with Crippen molar-refractivity contribution >= 4 is 17.6 Å². The minimum atomic E-state index is -0.713. The van der Waals surface area contributed by atoms with E-state index in [-0.39, 0.29) is 17.4 Å². The van der Waals surface area contributed by atoms with Gasteiger partial charge in [-0.05, 0) is 12.3 Å². The fourth-order valence-corrected chi connectivity index (χ4v) is 2.32. The van der Waals surface area contributed by atoms with Crippen molar-refractivity contribution in [2.45, 2.75) is 38.5 Å². The second-order valence-electron chi connectivity index (χ2n) is 4.62.